The average Bonchev–Trinajstić information content (AvgIpc) is 2.14. The summed E-state index contributed by atoms with van der Waals surface area (Å²) < 4.78 is 0. The van der Waals surface area contributed by atoms with Gasteiger partial charge in [-0.2, -0.15) is 0 Å². The van der Waals surface area contributed by atoms with Crippen LogP contribution in [-0.2, 0) is 9.59 Å². The lowest BCUT2D eigenvalue weighted by atomic mass is 10.00. The Balaban J connectivity index is 4.39. The molecule has 0 saturated heterocycles. The highest BCUT2D eigenvalue weighted by Gasteiger charge is 2.23. The summed E-state index contributed by atoms with van der Waals surface area (Å²) >= 11 is 0. The second-order valence-corrected chi connectivity index (χ2v) is 5.09. The van der Waals surface area contributed by atoms with Gasteiger partial charge in [0.2, 0.25) is 5.91 Å². The van der Waals surface area contributed by atoms with E-state index in [1.165, 1.54) is 0 Å². The molecule has 0 fully saturated rings. The second kappa shape index (κ2) is 7.09. The molecule has 98 valence electrons. The summed E-state index contributed by atoms with van der Waals surface area (Å²) in [6, 6.07) is -0.796. The first kappa shape index (κ1) is 15.7. The van der Waals surface area contributed by atoms with Crippen LogP contribution >= 0.6 is 0 Å². The summed E-state index contributed by atoms with van der Waals surface area (Å²) in [7, 11) is 0. The zero-order chi connectivity index (χ0) is 13.6. The van der Waals surface area contributed by atoms with Crippen LogP contribution in [0, 0.1) is 11.8 Å². The molecular weight excluding hydrogens is 218 g/mol. The molecule has 17 heavy (non-hydrogen) atoms. The fourth-order valence-electron chi connectivity index (χ4n) is 1.62. The van der Waals surface area contributed by atoms with E-state index in [0.29, 0.717) is 12.8 Å². The van der Waals surface area contributed by atoms with E-state index < -0.39 is 12.0 Å². The maximum Gasteiger partial charge on any atom is 0.326 e. The van der Waals surface area contributed by atoms with Gasteiger partial charge in [0.05, 0.1) is 0 Å². The molecule has 0 aliphatic heterocycles. The van der Waals surface area contributed by atoms with Gasteiger partial charge in [0, 0.05) is 5.92 Å². The van der Waals surface area contributed by atoms with Gasteiger partial charge in [-0.1, -0.05) is 26.3 Å². The molecule has 0 aromatic rings. The van der Waals surface area contributed by atoms with Crippen molar-refractivity contribution in [3.63, 3.8) is 0 Å². The number of carbonyl (C=O) groups is 2. The van der Waals surface area contributed by atoms with E-state index >= 15 is 0 Å². The largest absolute Gasteiger partial charge is 0.480 e. The number of carboxylic acid groups (broad SMARTS) is 1. The van der Waals surface area contributed by atoms with E-state index in [4.69, 9.17) is 5.11 Å². The van der Waals surface area contributed by atoms with Gasteiger partial charge in [0.25, 0.3) is 0 Å². The van der Waals surface area contributed by atoms with Crippen LogP contribution in [0.1, 0.15) is 40.5 Å². The summed E-state index contributed by atoms with van der Waals surface area (Å²) in [5.41, 5.74) is 0.920. The van der Waals surface area contributed by atoms with E-state index in [1.807, 2.05) is 20.8 Å². The second-order valence-electron chi connectivity index (χ2n) is 5.09. The van der Waals surface area contributed by atoms with E-state index in [9.17, 15) is 9.59 Å². The van der Waals surface area contributed by atoms with Crippen molar-refractivity contribution >= 4 is 11.9 Å². The van der Waals surface area contributed by atoms with Gasteiger partial charge in [-0.15, -0.1) is 6.58 Å². The Morgan fingerprint density at radius 3 is 2.18 bits per heavy atom. The Labute approximate surface area is 103 Å². The van der Waals surface area contributed by atoms with Gasteiger partial charge < -0.3 is 10.4 Å². The lowest BCUT2D eigenvalue weighted by molar-refractivity contribution is -0.142. The summed E-state index contributed by atoms with van der Waals surface area (Å²) in [6.07, 6.45) is 1.03. The van der Waals surface area contributed by atoms with Crippen molar-refractivity contribution in [3.8, 4) is 0 Å². The summed E-state index contributed by atoms with van der Waals surface area (Å²) in [6.45, 7) is 11.2. The standard InChI is InChI=1S/C13H23NO3/c1-8(2)6-10(5)12(15)14-11(13(16)17)7-9(3)4/h9-11H,1,6-7H2,2-5H3,(H,14,15)(H,16,17). The Morgan fingerprint density at radius 1 is 1.29 bits per heavy atom. The maximum absolute atomic E-state index is 11.8. The van der Waals surface area contributed by atoms with E-state index in [1.54, 1.807) is 6.92 Å². The first-order chi connectivity index (χ1) is 7.73. The van der Waals surface area contributed by atoms with Crippen molar-refractivity contribution in [2.45, 2.75) is 46.6 Å². The Kier molecular flexibility index (Phi) is 6.54. The van der Waals surface area contributed by atoms with Gasteiger partial charge in [-0.05, 0) is 25.7 Å². The molecule has 2 N–H and O–H groups in total. The van der Waals surface area contributed by atoms with Crippen LogP contribution in [-0.4, -0.2) is 23.0 Å². The Hall–Kier alpha value is -1.32. The number of allylic oxidation sites excluding steroid dienone is 1. The number of nitrogens with one attached hydrogen (secondary N) is 1. The molecule has 0 aromatic heterocycles. The molecule has 0 rings (SSSR count). The minimum Gasteiger partial charge on any atom is -0.480 e. The van der Waals surface area contributed by atoms with Gasteiger partial charge in [-0.3, -0.25) is 4.79 Å². The van der Waals surface area contributed by atoms with Gasteiger partial charge >= 0.3 is 5.97 Å². The molecule has 2 unspecified atom stereocenters. The fraction of sp³-hybridized carbons (Fsp3) is 0.692. The third kappa shape index (κ3) is 6.76. The number of carboxylic acids is 1. The van der Waals surface area contributed by atoms with Crippen molar-refractivity contribution in [2.75, 3.05) is 0 Å². The van der Waals surface area contributed by atoms with E-state index in [-0.39, 0.29) is 17.7 Å². The molecule has 0 bridgehead atoms. The molecule has 2 atom stereocenters. The molecule has 0 saturated carbocycles. The van der Waals surface area contributed by atoms with Crippen LogP contribution in [0.4, 0.5) is 0 Å². The summed E-state index contributed by atoms with van der Waals surface area (Å²) in [4.78, 5) is 22.7. The lowest BCUT2D eigenvalue weighted by Crippen LogP contribution is -2.43. The smallest absolute Gasteiger partial charge is 0.326 e. The third-order valence-corrected chi connectivity index (χ3v) is 2.42. The lowest BCUT2D eigenvalue weighted by Gasteiger charge is -2.19. The number of carbonyl (C=O) groups excluding carboxylic acids is 1. The van der Waals surface area contributed by atoms with Gasteiger partial charge in [0.15, 0.2) is 0 Å². The van der Waals surface area contributed by atoms with Gasteiger partial charge in [-0.25, -0.2) is 4.79 Å². The number of hydrogen-bond acceptors (Lipinski definition) is 2. The quantitative estimate of drug-likeness (QED) is 0.671. The van der Waals surface area contributed by atoms with Crippen LogP contribution in [0.25, 0.3) is 0 Å². The van der Waals surface area contributed by atoms with Crippen molar-refractivity contribution < 1.29 is 14.7 Å². The van der Waals surface area contributed by atoms with Crippen LogP contribution in [0.2, 0.25) is 0 Å². The highest BCUT2D eigenvalue weighted by atomic mass is 16.4. The predicted molar refractivity (Wildman–Crippen MR) is 67.6 cm³/mol. The monoisotopic (exact) mass is 241 g/mol. The van der Waals surface area contributed by atoms with Crippen molar-refractivity contribution in [1.29, 1.82) is 0 Å². The molecule has 4 heteroatoms. The number of rotatable bonds is 7. The molecule has 0 spiro atoms. The van der Waals surface area contributed by atoms with Crippen LogP contribution < -0.4 is 5.32 Å². The Bertz CT molecular complexity index is 297. The first-order valence-electron chi connectivity index (χ1n) is 5.91. The third-order valence-electron chi connectivity index (χ3n) is 2.42. The van der Waals surface area contributed by atoms with Crippen molar-refractivity contribution in [1.82, 2.24) is 5.32 Å². The zero-order valence-corrected chi connectivity index (χ0v) is 11.1. The van der Waals surface area contributed by atoms with Crippen molar-refractivity contribution in [3.05, 3.63) is 12.2 Å². The predicted octanol–water partition coefficient (Wildman–Crippen LogP) is 2.20. The first-order valence-corrected chi connectivity index (χ1v) is 5.91. The number of amides is 1. The fourth-order valence-corrected chi connectivity index (χ4v) is 1.62. The highest BCUT2D eigenvalue weighted by Crippen LogP contribution is 2.11. The topological polar surface area (TPSA) is 66.4 Å². The zero-order valence-electron chi connectivity index (χ0n) is 11.1. The molecule has 0 radical (unpaired) electrons. The molecular formula is C13H23NO3. The number of hydrogen-bond donors (Lipinski definition) is 2. The summed E-state index contributed by atoms with van der Waals surface area (Å²) in [5, 5.41) is 11.6. The normalized spacial score (nSPS) is 14.2. The molecule has 4 nitrogen and oxygen atoms in total. The molecule has 0 aliphatic carbocycles. The summed E-state index contributed by atoms with van der Waals surface area (Å²) in [5.74, 6) is -1.20. The maximum atomic E-state index is 11.8. The molecule has 1 amide bonds. The SMILES string of the molecule is C=C(C)CC(C)C(=O)NC(CC(C)C)C(=O)O. The molecule has 0 aliphatic rings. The minimum atomic E-state index is -0.977. The van der Waals surface area contributed by atoms with Crippen molar-refractivity contribution in [2.24, 2.45) is 11.8 Å². The molecule has 0 heterocycles. The Morgan fingerprint density at radius 2 is 1.82 bits per heavy atom. The van der Waals surface area contributed by atoms with E-state index in [0.717, 1.165) is 5.57 Å². The minimum absolute atomic E-state index is 0.221. The average molecular weight is 241 g/mol. The van der Waals surface area contributed by atoms with Crippen LogP contribution in [0.5, 0.6) is 0 Å². The molecule has 0 aromatic carbocycles. The highest BCUT2D eigenvalue weighted by molar-refractivity contribution is 5.84. The van der Waals surface area contributed by atoms with Crippen LogP contribution in [0.15, 0.2) is 12.2 Å². The van der Waals surface area contributed by atoms with E-state index in [2.05, 4.69) is 11.9 Å². The number of aliphatic carboxylic acids is 1. The van der Waals surface area contributed by atoms with Gasteiger partial charge in [0.1, 0.15) is 6.04 Å². The van der Waals surface area contributed by atoms with Crippen LogP contribution in [0.3, 0.4) is 0 Å².